The number of halogens is 2. The fourth-order valence-corrected chi connectivity index (χ4v) is 3.76. The average Bonchev–Trinajstić information content (AvgIpc) is 2.67. The van der Waals surface area contributed by atoms with Crippen LogP contribution in [0.25, 0.3) is 0 Å². The summed E-state index contributed by atoms with van der Waals surface area (Å²) in [4.78, 5) is 0. The zero-order valence-corrected chi connectivity index (χ0v) is 16.8. The van der Waals surface area contributed by atoms with Crippen LogP contribution in [-0.2, 0) is 12.0 Å². The van der Waals surface area contributed by atoms with Crippen LogP contribution < -0.4 is 15.4 Å². The molecule has 1 aliphatic rings. The number of benzene rings is 2. The zero-order valence-electron chi connectivity index (χ0n) is 16.8. The van der Waals surface area contributed by atoms with Crippen molar-refractivity contribution in [2.45, 2.75) is 64.3 Å². The van der Waals surface area contributed by atoms with Crippen LogP contribution in [0.5, 0.6) is 5.75 Å². The number of hydrogen-bond donors (Lipinski definition) is 2. The standard InChI is InChI=1S/C23H30F2N2O/c1-23(2,3)18-11-12-20(28-22(24)25)17(14-18)15-27-19-10-7-13-26-21(19)16-8-5-4-6-9-16/h4-6,8-9,11-12,14,19,21-22,26-27H,7,10,13,15H2,1-3H3/t19-,21-/m0/s1. The number of hydrogen-bond acceptors (Lipinski definition) is 3. The molecule has 0 aromatic heterocycles. The van der Waals surface area contributed by atoms with E-state index in [2.05, 4.69) is 43.5 Å². The van der Waals surface area contributed by atoms with E-state index < -0.39 is 6.61 Å². The van der Waals surface area contributed by atoms with Crippen LogP contribution in [0.15, 0.2) is 48.5 Å². The predicted octanol–water partition coefficient (Wildman–Crippen LogP) is 5.17. The number of ether oxygens (including phenoxy) is 1. The Balaban J connectivity index is 1.79. The minimum absolute atomic E-state index is 0.0585. The van der Waals surface area contributed by atoms with Gasteiger partial charge in [0.05, 0.1) is 0 Å². The van der Waals surface area contributed by atoms with Gasteiger partial charge in [-0.15, -0.1) is 0 Å². The molecule has 5 heteroatoms. The van der Waals surface area contributed by atoms with Gasteiger partial charge in [0.2, 0.25) is 0 Å². The van der Waals surface area contributed by atoms with Crippen molar-refractivity contribution in [1.82, 2.24) is 10.6 Å². The van der Waals surface area contributed by atoms with E-state index in [4.69, 9.17) is 4.74 Å². The van der Waals surface area contributed by atoms with Crippen LogP contribution in [0.2, 0.25) is 0 Å². The van der Waals surface area contributed by atoms with Crippen molar-refractivity contribution in [3.8, 4) is 5.75 Å². The largest absolute Gasteiger partial charge is 0.434 e. The maximum atomic E-state index is 12.9. The molecule has 3 nitrogen and oxygen atoms in total. The summed E-state index contributed by atoms with van der Waals surface area (Å²) in [5, 5.41) is 7.18. The summed E-state index contributed by atoms with van der Waals surface area (Å²) in [6.07, 6.45) is 2.12. The fraction of sp³-hybridized carbons (Fsp3) is 0.478. The Hall–Kier alpha value is -1.98. The molecule has 152 valence electrons. The van der Waals surface area contributed by atoms with Gasteiger partial charge < -0.3 is 15.4 Å². The van der Waals surface area contributed by atoms with Gasteiger partial charge in [0, 0.05) is 24.2 Å². The summed E-state index contributed by atoms with van der Waals surface area (Å²) >= 11 is 0. The molecule has 3 rings (SSSR count). The van der Waals surface area contributed by atoms with Crippen molar-refractivity contribution < 1.29 is 13.5 Å². The number of nitrogens with one attached hydrogen (secondary N) is 2. The quantitative estimate of drug-likeness (QED) is 0.716. The number of alkyl halides is 2. The van der Waals surface area contributed by atoms with Crippen molar-refractivity contribution in [2.75, 3.05) is 6.54 Å². The molecule has 1 heterocycles. The van der Waals surface area contributed by atoms with E-state index in [9.17, 15) is 8.78 Å². The first-order valence-corrected chi connectivity index (χ1v) is 9.94. The molecule has 0 bridgehead atoms. The molecule has 2 aromatic carbocycles. The third-order valence-electron chi connectivity index (χ3n) is 5.31. The average molecular weight is 389 g/mol. The number of piperidine rings is 1. The van der Waals surface area contributed by atoms with E-state index >= 15 is 0 Å². The van der Waals surface area contributed by atoms with Crippen LogP contribution >= 0.6 is 0 Å². The Morgan fingerprint density at radius 3 is 2.57 bits per heavy atom. The van der Waals surface area contributed by atoms with Crippen molar-refractivity contribution in [1.29, 1.82) is 0 Å². The van der Waals surface area contributed by atoms with Gasteiger partial charge in [0.25, 0.3) is 0 Å². The van der Waals surface area contributed by atoms with E-state index in [0.717, 1.165) is 30.5 Å². The van der Waals surface area contributed by atoms with E-state index in [0.29, 0.717) is 6.54 Å². The van der Waals surface area contributed by atoms with Crippen molar-refractivity contribution >= 4 is 0 Å². The van der Waals surface area contributed by atoms with Gasteiger partial charge in [-0.25, -0.2) is 0 Å². The highest BCUT2D eigenvalue weighted by Crippen LogP contribution is 2.30. The molecule has 2 N–H and O–H groups in total. The maximum Gasteiger partial charge on any atom is 0.387 e. The predicted molar refractivity (Wildman–Crippen MR) is 109 cm³/mol. The lowest BCUT2D eigenvalue weighted by Gasteiger charge is -2.34. The monoisotopic (exact) mass is 388 g/mol. The molecule has 0 spiro atoms. The second-order valence-electron chi connectivity index (χ2n) is 8.42. The molecule has 2 aromatic rings. The molecule has 0 unspecified atom stereocenters. The molecule has 0 amide bonds. The van der Waals surface area contributed by atoms with Crippen LogP contribution in [0.3, 0.4) is 0 Å². The second-order valence-corrected chi connectivity index (χ2v) is 8.42. The molecule has 2 atom stereocenters. The van der Waals surface area contributed by atoms with Crippen molar-refractivity contribution in [3.05, 3.63) is 65.2 Å². The third-order valence-corrected chi connectivity index (χ3v) is 5.31. The summed E-state index contributed by atoms with van der Waals surface area (Å²) in [6, 6.07) is 16.3. The van der Waals surface area contributed by atoms with E-state index in [1.54, 1.807) is 6.07 Å². The minimum atomic E-state index is -2.83. The third kappa shape index (κ3) is 5.30. The summed E-state index contributed by atoms with van der Waals surface area (Å²) in [6.45, 7) is 4.99. The van der Waals surface area contributed by atoms with Crippen LogP contribution in [0.1, 0.15) is 56.3 Å². The first-order valence-electron chi connectivity index (χ1n) is 9.94. The van der Waals surface area contributed by atoms with Crippen molar-refractivity contribution in [2.24, 2.45) is 0 Å². The van der Waals surface area contributed by atoms with Gasteiger partial charge in [0.1, 0.15) is 5.75 Å². The van der Waals surface area contributed by atoms with Gasteiger partial charge in [-0.3, -0.25) is 0 Å². The Morgan fingerprint density at radius 2 is 1.89 bits per heavy atom. The smallest absolute Gasteiger partial charge is 0.387 e. The maximum absolute atomic E-state index is 12.9. The van der Waals surface area contributed by atoms with Gasteiger partial charge in [0.15, 0.2) is 0 Å². The minimum Gasteiger partial charge on any atom is -0.434 e. The molecule has 0 radical (unpaired) electrons. The first kappa shape index (κ1) is 20.7. The lowest BCUT2D eigenvalue weighted by molar-refractivity contribution is -0.0505. The molecule has 1 aliphatic heterocycles. The SMILES string of the molecule is CC(C)(C)c1ccc(OC(F)F)c(CN[C@H]2CCCN[C@H]2c2ccccc2)c1. The Kier molecular flexibility index (Phi) is 6.68. The Bertz CT molecular complexity index is 759. The van der Waals surface area contributed by atoms with Crippen LogP contribution in [-0.4, -0.2) is 19.2 Å². The number of rotatable bonds is 6. The molecule has 1 fully saturated rings. The lowest BCUT2D eigenvalue weighted by atomic mass is 9.86. The summed E-state index contributed by atoms with van der Waals surface area (Å²) in [5.41, 5.74) is 3.06. The molecule has 28 heavy (non-hydrogen) atoms. The molecule has 0 aliphatic carbocycles. The van der Waals surface area contributed by atoms with Crippen molar-refractivity contribution in [3.63, 3.8) is 0 Å². The molecular weight excluding hydrogens is 358 g/mol. The van der Waals surface area contributed by atoms with Gasteiger partial charge >= 0.3 is 6.61 Å². The zero-order chi connectivity index (χ0) is 20.1. The van der Waals surface area contributed by atoms with E-state index in [-0.39, 0.29) is 23.2 Å². The topological polar surface area (TPSA) is 33.3 Å². The fourth-order valence-electron chi connectivity index (χ4n) is 3.76. The summed E-state index contributed by atoms with van der Waals surface area (Å²) in [7, 11) is 0. The highest BCUT2D eigenvalue weighted by atomic mass is 19.3. The van der Waals surface area contributed by atoms with Gasteiger partial charge in [-0.2, -0.15) is 8.78 Å². The molecule has 0 saturated carbocycles. The van der Waals surface area contributed by atoms with Crippen LogP contribution in [0.4, 0.5) is 8.78 Å². The summed E-state index contributed by atoms with van der Waals surface area (Å²) in [5.74, 6) is 0.246. The molecule has 1 saturated heterocycles. The van der Waals surface area contributed by atoms with E-state index in [1.807, 2.05) is 30.3 Å². The van der Waals surface area contributed by atoms with Crippen LogP contribution in [0, 0.1) is 0 Å². The molecular formula is C23H30F2N2O. The highest BCUT2D eigenvalue weighted by molar-refractivity contribution is 5.40. The van der Waals surface area contributed by atoms with Gasteiger partial charge in [-0.05, 0) is 42.0 Å². The lowest BCUT2D eigenvalue weighted by Crippen LogP contribution is -2.45. The summed E-state index contributed by atoms with van der Waals surface area (Å²) < 4.78 is 30.5. The second kappa shape index (κ2) is 9.01. The Morgan fingerprint density at radius 1 is 1.14 bits per heavy atom. The van der Waals surface area contributed by atoms with E-state index in [1.165, 1.54) is 5.56 Å². The van der Waals surface area contributed by atoms with Gasteiger partial charge in [-0.1, -0.05) is 63.2 Å². The normalized spacial score (nSPS) is 20.4. The first-order chi connectivity index (χ1) is 13.3. The Labute approximate surface area is 166 Å². The highest BCUT2D eigenvalue weighted by Gasteiger charge is 2.26.